The van der Waals surface area contributed by atoms with Gasteiger partial charge in [0, 0.05) is 13.0 Å². The molecule has 18 heavy (non-hydrogen) atoms. The third kappa shape index (κ3) is 3.33. The van der Waals surface area contributed by atoms with Crippen molar-refractivity contribution in [1.29, 1.82) is 0 Å². The molecule has 1 atom stereocenters. The number of hydrogen-bond acceptors (Lipinski definition) is 2. The second-order valence-electron chi connectivity index (χ2n) is 4.83. The monoisotopic (exact) mass is 246 g/mol. The highest BCUT2D eigenvalue weighted by Crippen LogP contribution is 2.24. The van der Waals surface area contributed by atoms with Gasteiger partial charge >= 0.3 is 0 Å². The molecule has 1 unspecified atom stereocenters. The van der Waals surface area contributed by atoms with Gasteiger partial charge in [-0.3, -0.25) is 9.69 Å². The lowest BCUT2D eigenvalue weighted by Crippen LogP contribution is -2.36. The first-order valence-electron chi connectivity index (χ1n) is 6.87. The van der Waals surface area contributed by atoms with E-state index in [0.29, 0.717) is 12.5 Å². The van der Waals surface area contributed by atoms with E-state index in [1.807, 2.05) is 13.0 Å². The van der Waals surface area contributed by atoms with Crippen LogP contribution in [0.3, 0.4) is 0 Å². The summed E-state index contributed by atoms with van der Waals surface area (Å²) in [5.74, 6) is 0.134. The quantitative estimate of drug-likeness (QED) is 0.865. The van der Waals surface area contributed by atoms with E-state index in [9.17, 15) is 4.79 Å². The van der Waals surface area contributed by atoms with Crippen LogP contribution >= 0.6 is 0 Å². The number of amides is 1. The Hall–Kier alpha value is -1.35. The summed E-state index contributed by atoms with van der Waals surface area (Å²) in [6.07, 6.45) is 3.09. The minimum Gasteiger partial charge on any atom is -0.354 e. The Morgan fingerprint density at radius 3 is 2.56 bits per heavy atom. The van der Waals surface area contributed by atoms with Crippen molar-refractivity contribution in [2.45, 2.75) is 32.2 Å². The van der Waals surface area contributed by atoms with Gasteiger partial charge in [-0.15, -0.1) is 0 Å². The fraction of sp³-hybridized carbons (Fsp3) is 0.533. The number of nitrogens with zero attached hydrogens (tertiary/aromatic N) is 1. The summed E-state index contributed by atoms with van der Waals surface area (Å²) in [6, 6.07) is 10.8. The molecule has 1 N–H and O–H groups in total. The highest BCUT2D eigenvalue weighted by Gasteiger charge is 2.23. The van der Waals surface area contributed by atoms with Gasteiger partial charge in [0.15, 0.2) is 0 Å². The Morgan fingerprint density at radius 1 is 1.28 bits per heavy atom. The average Bonchev–Trinajstić information content (AvgIpc) is 2.94. The maximum atomic E-state index is 11.4. The molecule has 1 saturated heterocycles. The highest BCUT2D eigenvalue weighted by atomic mass is 16.1. The molecule has 1 aromatic rings. The molecule has 0 aliphatic carbocycles. The summed E-state index contributed by atoms with van der Waals surface area (Å²) < 4.78 is 0. The van der Waals surface area contributed by atoms with Gasteiger partial charge < -0.3 is 5.32 Å². The van der Waals surface area contributed by atoms with Crippen molar-refractivity contribution in [1.82, 2.24) is 10.2 Å². The number of carbonyl (C=O) groups is 1. The summed E-state index contributed by atoms with van der Waals surface area (Å²) in [4.78, 5) is 13.9. The second kappa shape index (κ2) is 6.55. The number of benzene rings is 1. The van der Waals surface area contributed by atoms with Crippen LogP contribution in [0.5, 0.6) is 0 Å². The molecule has 1 aliphatic rings. The van der Waals surface area contributed by atoms with Crippen LogP contribution in [0.2, 0.25) is 0 Å². The van der Waals surface area contributed by atoms with Gasteiger partial charge in [-0.25, -0.2) is 0 Å². The molecule has 0 spiro atoms. The van der Waals surface area contributed by atoms with Crippen LogP contribution in [0.15, 0.2) is 30.3 Å². The molecule has 0 saturated carbocycles. The Morgan fingerprint density at radius 2 is 1.94 bits per heavy atom. The van der Waals surface area contributed by atoms with E-state index in [0.717, 1.165) is 19.6 Å². The van der Waals surface area contributed by atoms with Crippen LogP contribution < -0.4 is 5.32 Å². The molecule has 0 radical (unpaired) electrons. The van der Waals surface area contributed by atoms with Crippen LogP contribution in [0, 0.1) is 0 Å². The molecule has 3 nitrogen and oxygen atoms in total. The molecule has 3 heteroatoms. The van der Waals surface area contributed by atoms with Crippen molar-refractivity contribution in [3.63, 3.8) is 0 Å². The van der Waals surface area contributed by atoms with Crippen molar-refractivity contribution in [3.05, 3.63) is 35.9 Å². The number of nitrogens with one attached hydrogen (secondary N) is 1. The van der Waals surface area contributed by atoms with Crippen molar-refractivity contribution in [3.8, 4) is 0 Å². The largest absolute Gasteiger partial charge is 0.354 e. The molecule has 0 aromatic heterocycles. The lowest BCUT2D eigenvalue weighted by Gasteiger charge is -2.28. The van der Waals surface area contributed by atoms with Gasteiger partial charge in [-0.05, 0) is 31.5 Å². The molecule has 2 rings (SSSR count). The number of carbonyl (C=O) groups excluding carboxylic acids is 1. The number of likely N-dealkylation sites (tertiary alicyclic amines) is 1. The molecule has 98 valence electrons. The molecule has 1 aromatic carbocycles. The first kappa shape index (κ1) is 13.1. The van der Waals surface area contributed by atoms with Crippen molar-refractivity contribution in [2.75, 3.05) is 19.6 Å². The van der Waals surface area contributed by atoms with E-state index < -0.39 is 0 Å². The SMILES string of the molecule is CCC(=O)NCC(c1ccccc1)N1CCCC1. The van der Waals surface area contributed by atoms with Gasteiger partial charge in [-0.2, -0.15) is 0 Å². The van der Waals surface area contributed by atoms with Crippen molar-refractivity contribution >= 4 is 5.91 Å². The van der Waals surface area contributed by atoms with Crippen LogP contribution in [-0.2, 0) is 4.79 Å². The number of hydrogen-bond donors (Lipinski definition) is 1. The standard InChI is InChI=1S/C15H22N2O/c1-2-15(18)16-12-14(17-10-6-7-11-17)13-8-4-3-5-9-13/h3-5,8-9,14H,2,6-7,10-12H2,1H3,(H,16,18). The van der Waals surface area contributed by atoms with Crippen LogP contribution in [-0.4, -0.2) is 30.4 Å². The Kier molecular flexibility index (Phi) is 4.76. The zero-order valence-corrected chi connectivity index (χ0v) is 11.1. The Labute approximate surface area is 109 Å². The van der Waals surface area contributed by atoms with Gasteiger partial charge in [-0.1, -0.05) is 37.3 Å². The average molecular weight is 246 g/mol. The van der Waals surface area contributed by atoms with E-state index in [-0.39, 0.29) is 5.91 Å². The first-order chi connectivity index (χ1) is 8.81. The van der Waals surface area contributed by atoms with Crippen molar-refractivity contribution in [2.24, 2.45) is 0 Å². The van der Waals surface area contributed by atoms with Crippen LogP contribution in [0.25, 0.3) is 0 Å². The Bertz CT molecular complexity index is 371. The summed E-state index contributed by atoms with van der Waals surface area (Å²) in [5.41, 5.74) is 1.30. The molecule has 1 amide bonds. The molecular formula is C15H22N2O. The minimum atomic E-state index is 0.134. The molecular weight excluding hydrogens is 224 g/mol. The van der Waals surface area contributed by atoms with Crippen LogP contribution in [0.1, 0.15) is 37.8 Å². The summed E-state index contributed by atoms with van der Waals surface area (Å²) in [7, 11) is 0. The lowest BCUT2D eigenvalue weighted by molar-refractivity contribution is -0.121. The Balaban J connectivity index is 2.05. The van der Waals surface area contributed by atoms with Gasteiger partial charge in [0.1, 0.15) is 0 Å². The predicted molar refractivity (Wildman–Crippen MR) is 73.3 cm³/mol. The van der Waals surface area contributed by atoms with E-state index in [1.54, 1.807) is 0 Å². The van der Waals surface area contributed by atoms with E-state index >= 15 is 0 Å². The van der Waals surface area contributed by atoms with E-state index in [2.05, 4.69) is 34.5 Å². The van der Waals surface area contributed by atoms with Gasteiger partial charge in [0.25, 0.3) is 0 Å². The zero-order chi connectivity index (χ0) is 12.8. The predicted octanol–water partition coefficient (Wildman–Crippen LogP) is 2.35. The molecule has 1 fully saturated rings. The smallest absolute Gasteiger partial charge is 0.219 e. The fourth-order valence-corrected chi connectivity index (χ4v) is 2.52. The molecule has 1 aliphatic heterocycles. The van der Waals surface area contributed by atoms with Gasteiger partial charge in [0.05, 0.1) is 6.04 Å². The summed E-state index contributed by atoms with van der Waals surface area (Å²) >= 11 is 0. The number of rotatable bonds is 5. The van der Waals surface area contributed by atoms with Crippen molar-refractivity contribution < 1.29 is 4.79 Å². The fourth-order valence-electron chi connectivity index (χ4n) is 2.52. The minimum absolute atomic E-state index is 0.134. The van der Waals surface area contributed by atoms with E-state index in [4.69, 9.17) is 0 Å². The van der Waals surface area contributed by atoms with Crippen LogP contribution in [0.4, 0.5) is 0 Å². The maximum Gasteiger partial charge on any atom is 0.219 e. The summed E-state index contributed by atoms with van der Waals surface area (Å²) in [6.45, 7) is 4.89. The first-order valence-corrected chi connectivity index (χ1v) is 6.87. The maximum absolute atomic E-state index is 11.4. The summed E-state index contributed by atoms with van der Waals surface area (Å²) in [5, 5.41) is 3.03. The molecule has 1 heterocycles. The second-order valence-corrected chi connectivity index (χ2v) is 4.83. The third-order valence-corrected chi connectivity index (χ3v) is 3.58. The van der Waals surface area contributed by atoms with E-state index in [1.165, 1.54) is 18.4 Å². The third-order valence-electron chi connectivity index (χ3n) is 3.58. The normalized spacial score (nSPS) is 17.6. The molecule has 0 bridgehead atoms. The highest BCUT2D eigenvalue weighted by molar-refractivity contribution is 5.75. The topological polar surface area (TPSA) is 32.3 Å². The van der Waals surface area contributed by atoms with Gasteiger partial charge in [0.2, 0.25) is 5.91 Å². The zero-order valence-electron chi connectivity index (χ0n) is 11.1. The lowest BCUT2D eigenvalue weighted by atomic mass is 10.1.